The van der Waals surface area contributed by atoms with Gasteiger partial charge in [-0.25, -0.2) is 9.97 Å². The summed E-state index contributed by atoms with van der Waals surface area (Å²) in [6.45, 7) is 6.43. The zero-order valence-electron chi connectivity index (χ0n) is 14.8. The maximum atomic E-state index is 12.5. The normalized spacial score (nSPS) is 10.8. The first kappa shape index (κ1) is 19.0. The molecule has 2 rings (SSSR count). The fraction of sp³-hybridized carbons (Fsp3) is 0.412. The molecular formula is C17H22N4O3S. The third kappa shape index (κ3) is 4.82. The summed E-state index contributed by atoms with van der Waals surface area (Å²) in [4.78, 5) is 33.1. The Morgan fingerprint density at radius 2 is 1.88 bits per heavy atom. The molecule has 0 aromatic carbocycles. The van der Waals surface area contributed by atoms with Gasteiger partial charge in [-0.2, -0.15) is 0 Å². The Bertz CT molecular complexity index is 745. The summed E-state index contributed by atoms with van der Waals surface area (Å²) in [6.07, 6.45) is 3.32. The molecule has 2 heterocycles. The van der Waals surface area contributed by atoms with E-state index in [9.17, 15) is 9.59 Å². The van der Waals surface area contributed by atoms with Crippen LogP contribution in [0.5, 0.6) is 0 Å². The van der Waals surface area contributed by atoms with Crippen LogP contribution in [0.1, 0.15) is 52.2 Å². The van der Waals surface area contributed by atoms with Crippen molar-refractivity contribution in [2.75, 3.05) is 19.3 Å². The number of amides is 2. The fourth-order valence-electron chi connectivity index (χ4n) is 2.17. The third-order valence-electron chi connectivity index (χ3n) is 3.45. The zero-order chi connectivity index (χ0) is 18.4. The molecule has 2 N–H and O–H groups in total. The Morgan fingerprint density at radius 3 is 2.44 bits per heavy atom. The number of rotatable bonds is 7. The van der Waals surface area contributed by atoms with Crippen molar-refractivity contribution in [3.63, 3.8) is 0 Å². The molecule has 8 heteroatoms. The number of carbonyl (C=O) groups is 2. The van der Waals surface area contributed by atoms with Crippen LogP contribution in [-0.4, -0.2) is 41.1 Å². The minimum atomic E-state index is -0.315. The molecule has 0 spiro atoms. The molecule has 0 saturated heterocycles. The maximum Gasteiger partial charge on any atom is 0.287 e. The Morgan fingerprint density at radius 1 is 1.20 bits per heavy atom. The van der Waals surface area contributed by atoms with E-state index in [1.807, 2.05) is 20.1 Å². The predicted molar refractivity (Wildman–Crippen MR) is 96.0 cm³/mol. The van der Waals surface area contributed by atoms with Crippen molar-refractivity contribution >= 4 is 23.6 Å². The predicted octanol–water partition coefficient (Wildman–Crippen LogP) is 2.38. The van der Waals surface area contributed by atoms with E-state index in [0.29, 0.717) is 29.4 Å². The Hall–Kier alpha value is -2.35. The van der Waals surface area contributed by atoms with Crippen LogP contribution < -0.4 is 10.6 Å². The van der Waals surface area contributed by atoms with Gasteiger partial charge in [-0.1, -0.05) is 13.8 Å². The van der Waals surface area contributed by atoms with E-state index in [1.165, 1.54) is 18.0 Å². The summed E-state index contributed by atoms with van der Waals surface area (Å²) in [5.74, 6) is 0.599. The Balaban J connectivity index is 1.95. The van der Waals surface area contributed by atoms with Crippen molar-refractivity contribution in [3.8, 4) is 0 Å². The van der Waals surface area contributed by atoms with Crippen molar-refractivity contribution in [2.24, 2.45) is 0 Å². The molecule has 0 aliphatic rings. The molecule has 0 aliphatic carbocycles. The van der Waals surface area contributed by atoms with Crippen LogP contribution in [0.3, 0.4) is 0 Å². The second-order valence-corrected chi connectivity index (χ2v) is 6.49. The smallest absolute Gasteiger partial charge is 0.287 e. The largest absolute Gasteiger partial charge is 0.459 e. The molecule has 25 heavy (non-hydrogen) atoms. The first-order chi connectivity index (χ1) is 11.9. The summed E-state index contributed by atoms with van der Waals surface area (Å²) < 4.78 is 5.00. The van der Waals surface area contributed by atoms with Gasteiger partial charge in [0, 0.05) is 19.0 Å². The molecular weight excluding hydrogens is 340 g/mol. The van der Waals surface area contributed by atoms with Gasteiger partial charge in [0.1, 0.15) is 10.9 Å². The third-order valence-corrected chi connectivity index (χ3v) is 4.13. The molecule has 7 nitrogen and oxygen atoms in total. The number of carbonyl (C=O) groups excluding carboxylic acids is 2. The van der Waals surface area contributed by atoms with Gasteiger partial charge in [0.05, 0.1) is 17.5 Å². The molecule has 0 atom stereocenters. The number of aromatic nitrogens is 2. The lowest BCUT2D eigenvalue weighted by atomic mass is 10.1. The molecule has 0 radical (unpaired) electrons. The highest BCUT2D eigenvalue weighted by Crippen LogP contribution is 2.22. The van der Waals surface area contributed by atoms with Crippen LogP contribution in [0.25, 0.3) is 0 Å². The van der Waals surface area contributed by atoms with Crippen LogP contribution in [0.4, 0.5) is 0 Å². The summed E-state index contributed by atoms with van der Waals surface area (Å²) >= 11 is 1.42. The summed E-state index contributed by atoms with van der Waals surface area (Å²) in [7, 11) is 0. The lowest BCUT2D eigenvalue weighted by Gasteiger charge is -2.13. The van der Waals surface area contributed by atoms with Gasteiger partial charge in [0.25, 0.3) is 11.8 Å². The average molecular weight is 362 g/mol. The number of hydrogen-bond acceptors (Lipinski definition) is 6. The second kappa shape index (κ2) is 8.66. The summed E-state index contributed by atoms with van der Waals surface area (Å²) in [6, 6.07) is 3.22. The number of nitrogens with zero attached hydrogens (tertiary/aromatic N) is 2. The first-order valence-electron chi connectivity index (χ1n) is 7.96. The number of thioether (sulfide) groups is 1. The Kier molecular flexibility index (Phi) is 6.58. The lowest BCUT2D eigenvalue weighted by molar-refractivity contribution is 0.0909. The van der Waals surface area contributed by atoms with Crippen molar-refractivity contribution in [2.45, 2.75) is 31.7 Å². The van der Waals surface area contributed by atoms with E-state index in [4.69, 9.17) is 4.42 Å². The standard InChI is InChI=1S/C17H22N4O3S/c1-10(2)14-20-11(3)13(17(21-14)25-4)16(23)19-8-7-18-15(22)12-6-5-9-24-12/h5-6,9-10H,7-8H2,1-4H3,(H,18,22)(H,19,23). The summed E-state index contributed by atoms with van der Waals surface area (Å²) in [5, 5.41) is 6.12. The highest BCUT2D eigenvalue weighted by atomic mass is 32.2. The lowest BCUT2D eigenvalue weighted by Crippen LogP contribution is -2.35. The monoisotopic (exact) mass is 362 g/mol. The van der Waals surface area contributed by atoms with E-state index in [1.54, 1.807) is 19.1 Å². The van der Waals surface area contributed by atoms with Gasteiger partial charge in [-0.3, -0.25) is 9.59 Å². The van der Waals surface area contributed by atoms with E-state index in [0.717, 1.165) is 5.82 Å². The van der Waals surface area contributed by atoms with Gasteiger partial charge < -0.3 is 15.1 Å². The van der Waals surface area contributed by atoms with Crippen molar-refractivity contribution in [1.29, 1.82) is 0 Å². The minimum absolute atomic E-state index is 0.193. The quantitative estimate of drug-likeness (QED) is 0.446. The van der Waals surface area contributed by atoms with Crippen LogP contribution in [-0.2, 0) is 0 Å². The van der Waals surface area contributed by atoms with E-state index in [2.05, 4.69) is 20.6 Å². The molecule has 0 bridgehead atoms. The van der Waals surface area contributed by atoms with E-state index in [-0.39, 0.29) is 23.5 Å². The summed E-state index contributed by atoms with van der Waals surface area (Å²) in [5.41, 5.74) is 1.13. The van der Waals surface area contributed by atoms with Crippen LogP contribution in [0.15, 0.2) is 27.8 Å². The van der Waals surface area contributed by atoms with Crippen molar-refractivity contribution in [3.05, 3.63) is 41.2 Å². The van der Waals surface area contributed by atoms with E-state index < -0.39 is 0 Å². The van der Waals surface area contributed by atoms with Crippen molar-refractivity contribution in [1.82, 2.24) is 20.6 Å². The molecule has 2 aromatic heterocycles. The second-order valence-electron chi connectivity index (χ2n) is 5.70. The highest BCUT2D eigenvalue weighted by Gasteiger charge is 2.19. The van der Waals surface area contributed by atoms with Crippen LogP contribution in [0.2, 0.25) is 0 Å². The van der Waals surface area contributed by atoms with E-state index >= 15 is 0 Å². The molecule has 0 fully saturated rings. The SMILES string of the molecule is CSc1nc(C(C)C)nc(C)c1C(=O)NCCNC(=O)c1ccco1. The van der Waals surface area contributed by atoms with Crippen LogP contribution >= 0.6 is 11.8 Å². The first-order valence-corrected chi connectivity index (χ1v) is 9.19. The van der Waals surface area contributed by atoms with Crippen molar-refractivity contribution < 1.29 is 14.0 Å². The Labute approximate surface area is 151 Å². The molecule has 2 amide bonds. The molecule has 0 saturated carbocycles. The van der Waals surface area contributed by atoms with Crippen LogP contribution in [0, 0.1) is 6.92 Å². The molecule has 134 valence electrons. The number of hydrogen-bond donors (Lipinski definition) is 2. The topological polar surface area (TPSA) is 97.1 Å². The molecule has 2 aromatic rings. The highest BCUT2D eigenvalue weighted by molar-refractivity contribution is 7.98. The maximum absolute atomic E-state index is 12.5. The molecule has 0 unspecified atom stereocenters. The zero-order valence-corrected chi connectivity index (χ0v) is 15.6. The van der Waals surface area contributed by atoms with Gasteiger partial charge in [0.2, 0.25) is 0 Å². The number of nitrogens with one attached hydrogen (secondary N) is 2. The fourth-order valence-corrected chi connectivity index (χ4v) is 2.80. The van der Waals surface area contributed by atoms with Gasteiger partial charge >= 0.3 is 0 Å². The minimum Gasteiger partial charge on any atom is -0.459 e. The average Bonchev–Trinajstić information content (AvgIpc) is 3.12. The molecule has 0 aliphatic heterocycles. The van der Waals surface area contributed by atoms with Gasteiger partial charge in [-0.05, 0) is 25.3 Å². The number of furan rings is 1. The van der Waals surface area contributed by atoms with Gasteiger partial charge in [-0.15, -0.1) is 11.8 Å². The van der Waals surface area contributed by atoms with Gasteiger partial charge in [0.15, 0.2) is 5.76 Å². The number of aryl methyl sites for hydroxylation is 1.